The second-order valence-corrected chi connectivity index (χ2v) is 6.60. The Balaban J connectivity index is 1.70. The zero-order chi connectivity index (χ0) is 18.5. The first-order valence-corrected chi connectivity index (χ1v) is 8.96. The molecule has 26 heavy (non-hydrogen) atoms. The average molecular weight is 373 g/mol. The van der Waals surface area contributed by atoms with Gasteiger partial charge in [-0.2, -0.15) is 0 Å². The molecule has 1 heterocycles. The van der Waals surface area contributed by atoms with Gasteiger partial charge in [0.1, 0.15) is 5.75 Å². The maximum atomic E-state index is 12.4. The first-order valence-electron chi connectivity index (χ1n) is 8.58. The fraction of sp³-hybridized carbons (Fsp3) is 0.300. The first kappa shape index (κ1) is 18.3. The quantitative estimate of drug-likeness (QED) is 0.845. The first-order chi connectivity index (χ1) is 12.6. The summed E-state index contributed by atoms with van der Waals surface area (Å²) in [7, 11) is 1.60. The van der Waals surface area contributed by atoms with Crippen LogP contribution in [0.2, 0.25) is 5.02 Å². The highest BCUT2D eigenvalue weighted by Gasteiger charge is 2.19. The standard InChI is InChI=1S/C20H21ClN2O3/c1-26-18-8-7-16(21)13-17(18)14-4-2-5-15(12-14)20(25)22-9-11-23-10-3-6-19(23)24/h2,4-5,7-8,12-13H,3,6,9-11H2,1H3,(H,22,25). The highest BCUT2D eigenvalue weighted by atomic mass is 35.5. The van der Waals surface area contributed by atoms with E-state index >= 15 is 0 Å². The van der Waals surface area contributed by atoms with Gasteiger partial charge in [-0.3, -0.25) is 9.59 Å². The SMILES string of the molecule is COc1ccc(Cl)cc1-c1cccc(C(=O)NCCN2CCCC2=O)c1. The molecule has 2 amide bonds. The minimum atomic E-state index is -0.167. The Hall–Kier alpha value is -2.53. The van der Waals surface area contributed by atoms with Crippen LogP contribution in [0.3, 0.4) is 0 Å². The van der Waals surface area contributed by atoms with Crippen molar-refractivity contribution in [3.63, 3.8) is 0 Å². The summed E-state index contributed by atoms with van der Waals surface area (Å²) in [6, 6.07) is 12.7. The molecule has 0 bridgehead atoms. The van der Waals surface area contributed by atoms with Gasteiger partial charge in [-0.05, 0) is 42.3 Å². The highest BCUT2D eigenvalue weighted by molar-refractivity contribution is 6.31. The van der Waals surface area contributed by atoms with Crippen LogP contribution < -0.4 is 10.1 Å². The summed E-state index contributed by atoms with van der Waals surface area (Å²) in [5, 5.41) is 3.48. The van der Waals surface area contributed by atoms with Gasteiger partial charge >= 0.3 is 0 Å². The third kappa shape index (κ3) is 4.17. The molecule has 6 heteroatoms. The molecular formula is C20H21ClN2O3. The lowest BCUT2D eigenvalue weighted by molar-refractivity contribution is -0.127. The maximum absolute atomic E-state index is 12.4. The van der Waals surface area contributed by atoms with Gasteiger partial charge in [0.15, 0.2) is 0 Å². The molecule has 3 rings (SSSR count). The van der Waals surface area contributed by atoms with Gasteiger partial charge in [-0.1, -0.05) is 23.7 Å². The number of ether oxygens (including phenoxy) is 1. The third-order valence-electron chi connectivity index (χ3n) is 4.44. The van der Waals surface area contributed by atoms with Crippen molar-refractivity contribution >= 4 is 23.4 Å². The Kier molecular flexibility index (Phi) is 5.78. The number of hydrogen-bond donors (Lipinski definition) is 1. The molecule has 1 fully saturated rings. The Bertz CT molecular complexity index is 822. The molecule has 1 aliphatic rings. The summed E-state index contributed by atoms with van der Waals surface area (Å²) in [6.45, 7) is 1.76. The minimum absolute atomic E-state index is 0.161. The lowest BCUT2D eigenvalue weighted by Crippen LogP contribution is -2.35. The molecule has 1 aliphatic heterocycles. The van der Waals surface area contributed by atoms with Crippen LogP contribution in [0.15, 0.2) is 42.5 Å². The maximum Gasteiger partial charge on any atom is 0.251 e. The van der Waals surface area contributed by atoms with Crippen molar-refractivity contribution in [3.05, 3.63) is 53.1 Å². The van der Waals surface area contributed by atoms with Gasteiger partial charge in [-0.15, -0.1) is 0 Å². The van der Waals surface area contributed by atoms with Gasteiger partial charge in [0.05, 0.1) is 7.11 Å². The van der Waals surface area contributed by atoms with Crippen LogP contribution in [0, 0.1) is 0 Å². The number of rotatable bonds is 6. The topological polar surface area (TPSA) is 58.6 Å². The highest BCUT2D eigenvalue weighted by Crippen LogP contribution is 2.32. The number of carbonyl (C=O) groups is 2. The molecule has 0 unspecified atom stereocenters. The molecule has 2 aromatic carbocycles. The molecule has 0 atom stereocenters. The molecule has 0 radical (unpaired) electrons. The van der Waals surface area contributed by atoms with Crippen LogP contribution in [-0.4, -0.2) is 43.5 Å². The summed E-state index contributed by atoms with van der Waals surface area (Å²) >= 11 is 6.10. The van der Waals surface area contributed by atoms with E-state index in [1.807, 2.05) is 24.3 Å². The average Bonchev–Trinajstić information content (AvgIpc) is 3.06. The predicted molar refractivity (Wildman–Crippen MR) is 102 cm³/mol. The number of amides is 2. The Labute approximate surface area is 157 Å². The van der Waals surface area contributed by atoms with Crippen molar-refractivity contribution in [2.75, 3.05) is 26.7 Å². The largest absolute Gasteiger partial charge is 0.496 e. The van der Waals surface area contributed by atoms with Crippen molar-refractivity contribution in [2.24, 2.45) is 0 Å². The summed E-state index contributed by atoms with van der Waals surface area (Å²) in [4.78, 5) is 25.8. The zero-order valence-electron chi connectivity index (χ0n) is 14.6. The summed E-state index contributed by atoms with van der Waals surface area (Å²) in [6.07, 6.45) is 1.51. The number of methoxy groups -OCH3 is 1. The van der Waals surface area contributed by atoms with Gasteiger partial charge < -0.3 is 15.0 Å². The summed E-state index contributed by atoms with van der Waals surface area (Å²) in [5.74, 6) is 0.688. The Morgan fingerprint density at radius 1 is 1.27 bits per heavy atom. The van der Waals surface area contributed by atoms with Crippen molar-refractivity contribution < 1.29 is 14.3 Å². The van der Waals surface area contributed by atoms with Crippen molar-refractivity contribution in [2.45, 2.75) is 12.8 Å². The van der Waals surface area contributed by atoms with Crippen LogP contribution in [0.1, 0.15) is 23.2 Å². The Morgan fingerprint density at radius 3 is 2.85 bits per heavy atom. The number of halogens is 1. The van der Waals surface area contributed by atoms with Crippen molar-refractivity contribution in [1.82, 2.24) is 10.2 Å². The molecule has 1 N–H and O–H groups in total. The van der Waals surface area contributed by atoms with Crippen LogP contribution in [-0.2, 0) is 4.79 Å². The summed E-state index contributed by atoms with van der Waals surface area (Å²) < 4.78 is 5.39. The van der Waals surface area contributed by atoms with E-state index in [0.29, 0.717) is 35.8 Å². The molecule has 2 aromatic rings. The van der Waals surface area contributed by atoms with Crippen LogP contribution in [0.25, 0.3) is 11.1 Å². The number of likely N-dealkylation sites (tertiary alicyclic amines) is 1. The monoisotopic (exact) mass is 372 g/mol. The van der Waals surface area contributed by atoms with E-state index in [0.717, 1.165) is 24.1 Å². The van der Waals surface area contributed by atoms with E-state index < -0.39 is 0 Å². The van der Waals surface area contributed by atoms with Gasteiger partial charge in [0.25, 0.3) is 5.91 Å². The Morgan fingerprint density at radius 2 is 2.12 bits per heavy atom. The van der Waals surface area contributed by atoms with Crippen LogP contribution in [0.4, 0.5) is 0 Å². The lowest BCUT2D eigenvalue weighted by Gasteiger charge is -2.16. The van der Waals surface area contributed by atoms with Crippen LogP contribution >= 0.6 is 11.6 Å². The van der Waals surface area contributed by atoms with Crippen molar-refractivity contribution in [1.29, 1.82) is 0 Å². The van der Waals surface area contributed by atoms with Gasteiger partial charge in [0, 0.05) is 42.2 Å². The normalized spacial score (nSPS) is 13.8. The van der Waals surface area contributed by atoms with E-state index in [4.69, 9.17) is 16.3 Å². The smallest absolute Gasteiger partial charge is 0.251 e. The molecular weight excluding hydrogens is 352 g/mol. The number of nitrogens with zero attached hydrogens (tertiary/aromatic N) is 1. The molecule has 1 saturated heterocycles. The molecule has 136 valence electrons. The molecule has 5 nitrogen and oxygen atoms in total. The summed E-state index contributed by atoms with van der Waals surface area (Å²) in [5.41, 5.74) is 2.24. The van der Waals surface area contributed by atoms with Crippen LogP contribution in [0.5, 0.6) is 5.75 Å². The number of hydrogen-bond acceptors (Lipinski definition) is 3. The number of carbonyl (C=O) groups excluding carboxylic acids is 2. The zero-order valence-corrected chi connectivity index (χ0v) is 15.4. The van der Waals surface area contributed by atoms with E-state index in [1.165, 1.54) is 0 Å². The predicted octanol–water partition coefficient (Wildman–Crippen LogP) is 3.37. The second-order valence-electron chi connectivity index (χ2n) is 6.17. The molecule has 0 spiro atoms. The van der Waals surface area contributed by atoms with E-state index in [-0.39, 0.29) is 11.8 Å². The number of nitrogens with one attached hydrogen (secondary N) is 1. The molecule has 0 aromatic heterocycles. The second kappa shape index (κ2) is 8.23. The molecule has 0 aliphatic carbocycles. The molecule has 0 saturated carbocycles. The van der Waals surface area contributed by atoms with Gasteiger partial charge in [0.2, 0.25) is 5.91 Å². The third-order valence-corrected chi connectivity index (χ3v) is 4.67. The van der Waals surface area contributed by atoms with Gasteiger partial charge in [-0.25, -0.2) is 0 Å². The lowest BCUT2D eigenvalue weighted by atomic mass is 10.0. The number of benzene rings is 2. The van der Waals surface area contributed by atoms with Crippen molar-refractivity contribution in [3.8, 4) is 16.9 Å². The fourth-order valence-corrected chi connectivity index (χ4v) is 3.25. The minimum Gasteiger partial charge on any atom is -0.496 e. The van der Waals surface area contributed by atoms with E-state index in [2.05, 4.69) is 5.32 Å². The fourth-order valence-electron chi connectivity index (χ4n) is 3.08. The van der Waals surface area contributed by atoms with E-state index in [9.17, 15) is 9.59 Å². The van der Waals surface area contributed by atoms with E-state index in [1.54, 1.807) is 30.2 Å².